The monoisotopic (exact) mass is 415 g/mol. The number of benzene rings is 2. The second kappa shape index (κ2) is 9.21. The van der Waals surface area contributed by atoms with E-state index in [0.717, 1.165) is 11.1 Å². The molecule has 0 radical (unpaired) electrons. The number of hydrogen-bond acceptors (Lipinski definition) is 5. The van der Waals surface area contributed by atoms with Gasteiger partial charge in [-0.25, -0.2) is 4.39 Å². The van der Waals surface area contributed by atoms with Gasteiger partial charge in [-0.3, -0.25) is 19.8 Å². The largest absolute Gasteiger partial charge is 0.477 e. The highest BCUT2D eigenvalue weighted by atomic mass is 19.1. The molecule has 0 aliphatic carbocycles. The maximum absolute atomic E-state index is 13.1. The van der Waals surface area contributed by atoms with Crippen LogP contribution in [0.15, 0.2) is 42.5 Å². The van der Waals surface area contributed by atoms with Crippen LogP contribution in [0.3, 0.4) is 0 Å². The zero-order valence-corrected chi connectivity index (χ0v) is 17.4. The zero-order chi connectivity index (χ0) is 21.8. The highest BCUT2D eigenvalue weighted by Crippen LogP contribution is 2.28. The summed E-state index contributed by atoms with van der Waals surface area (Å²) < 4.78 is 18.7. The van der Waals surface area contributed by atoms with Crippen molar-refractivity contribution in [3.05, 3.63) is 69.5 Å². The lowest BCUT2D eigenvalue weighted by Gasteiger charge is -2.44. The quantitative estimate of drug-likeness (QED) is 0.533. The number of nitro benzene ring substituents is 1. The first kappa shape index (κ1) is 21.7. The minimum Gasteiger partial charge on any atom is -0.477 e. The maximum atomic E-state index is 13.1. The Bertz CT molecular complexity index is 919. The predicted molar refractivity (Wildman–Crippen MR) is 111 cm³/mol. The van der Waals surface area contributed by atoms with Crippen molar-refractivity contribution in [1.82, 2.24) is 9.80 Å². The summed E-state index contributed by atoms with van der Waals surface area (Å²) in [7, 11) is 0. The van der Waals surface area contributed by atoms with E-state index in [9.17, 15) is 19.3 Å². The molecule has 160 valence electrons. The van der Waals surface area contributed by atoms with Crippen molar-refractivity contribution in [3.8, 4) is 5.75 Å². The molecule has 1 heterocycles. The third-order valence-electron chi connectivity index (χ3n) is 5.40. The van der Waals surface area contributed by atoms with Crippen molar-refractivity contribution in [2.75, 3.05) is 19.7 Å². The Morgan fingerprint density at radius 1 is 1.17 bits per heavy atom. The van der Waals surface area contributed by atoms with E-state index in [-0.39, 0.29) is 41.9 Å². The number of carbonyl (C=O) groups is 1. The van der Waals surface area contributed by atoms with E-state index in [1.54, 1.807) is 29.2 Å². The van der Waals surface area contributed by atoms with Crippen LogP contribution in [-0.2, 0) is 11.3 Å². The van der Waals surface area contributed by atoms with Gasteiger partial charge in [0.05, 0.1) is 4.92 Å². The number of piperazine rings is 1. The number of hydrogen-bond donors (Lipinski definition) is 0. The van der Waals surface area contributed by atoms with Gasteiger partial charge in [-0.1, -0.05) is 18.2 Å². The van der Waals surface area contributed by atoms with Crippen LogP contribution in [0.5, 0.6) is 5.75 Å². The lowest BCUT2D eigenvalue weighted by molar-refractivity contribution is -0.385. The molecule has 8 heteroatoms. The van der Waals surface area contributed by atoms with Gasteiger partial charge >= 0.3 is 5.69 Å². The van der Waals surface area contributed by atoms with Crippen LogP contribution in [0.4, 0.5) is 10.1 Å². The molecule has 1 fully saturated rings. The summed E-state index contributed by atoms with van der Waals surface area (Å²) in [5, 5.41) is 11.2. The molecule has 3 rings (SSSR count). The van der Waals surface area contributed by atoms with E-state index < -0.39 is 4.92 Å². The van der Waals surface area contributed by atoms with Crippen molar-refractivity contribution >= 4 is 11.6 Å². The molecule has 1 aliphatic heterocycles. The Morgan fingerprint density at radius 2 is 1.87 bits per heavy atom. The molecular formula is C22H26FN3O4. The number of aryl methyl sites for hydroxylation is 1. The number of ether oxygens (including phenoxy) is 1. The maximum Gasteiger partial charge on any atom is 0.310 e. The fraction of sp³-hybridized carbons (Fsp3) is 0.409. The van der Waals surface area contributed by atoms with E-state index in [1.807, 2.05) is 20.8 Å². The minimum absolute atomic E-state index is 0.0368. The molecule has 1 saturated heterocycles. The Kier molecular flexibility index (Phi) is 6.66. The van der Waals surface area contributed by atoms with E-state index in [1.165, 1.54) is 18.2 Å². The summed E-state index contributed by atoms with van der Waals surface area (Å²) in [5.41, 5.74) is 1.68. The smallest absolute Gasteiger partial charge is 0.310 e. The molecule has 7 nitrogen and oxygen atoms in total. The summed E-state index contributed by atoms with van der Waals surface area (Å²) >= 11 is 0. The summed E-state index contributed by atoms with van der Waals surface area (Å²) in [6, 6.07) is 11.1. The molecule has 1 amide bonds. The fourth-order valence-electron chi connectivity index (χ4n) is 3.70. The van der Waals surface area contributed by atoms with Crippen LogP contribution in [0, 0.1) is 22.9 Å². The van der Waals surface area contributed by atoms with Gasteiger partial charge in [-0.2, -0.15) is 0 Å². The molecule has 0 unspecified atom stereocenters. The third kappa shape index (κ3) is 5.13. The van der Waals surface area contributed by atoms with E-state index in [0.29, 0.717) is 19.6 Å². The van der Waals surface area contributed by atoms with Crippen LogP contribution in [0.2, 0.25) is 0 Å². The Morgan fingerprint density at radius 3 is 2.53 bits per heavy atom. The number of nitrogens with zero attached hydrogens (tertiary/aromatic N) is 3. The molecule has 30 heavy (non-hydrogen) atoms. The molecular weight excluding hydrogens is 389 g/mol. The van der Waals surface area contributed by atoms with Crippen LogP contribution in [0.1, 0.15) is 25.0 Å². The summed E-state index contributed by atoms with van der Waals surface area (Å²) in [4.78, 5) is 27.4. The highest BCUT2D eigenvalue weighted by molar-refractivity contribution is 5.78. The third-order valence-corrected chi connectivity index (χ3v) is 5.40. The standard InChI is InChI=1S/C22H26FN3O4/c1-15-4-9-20(26(28)29)21(10-15)30-14-22(27)25-12-16(2)24(11-17(25)3)13-18-5-7-19(23)8-6-18/h4-10,16-17H,11-14H2,1-3H3/t16-,17+/m1/s1. The first-order valence-corrected chi connectivity index (χ1v) is 9.90. The van der Waals surface area contributed by atoms with Crippen LogP contribution >= 0.6 is 0 Å². The Hall–Kier alpha value is -3.00. The average molecular weight is 415 g/mol. The van der Waals surface area contributed by atoms with Crippen LogP contribution in [0.25, 0.3) is 0 Å². The topological polar surface area (TPSA) is 75.9 Å². The summed E-state index contributed by atoms with van der Waals surface area (Å²) in [6.45, 7) is 7.45. The summed E-state index contributed by atoms with van der Waals surface area (Å²) in [6.07, 6.45) is 0. The van der Waals surface area contributed by atoms with Gasteiger partial charge in [-0.05, 0) is 50.1 Å². The predicted octanol–water partition coefficient (Wildman–Crippen LogP) is 3.54. The molecule has 2 aromatic rings. The molecule has 2 aromatic carbocycles. The van der Waals surface area contributed by atoms with Crippen LogP contribution < -0.4 is 4.74 Å². The fourth-order valence-corrected chi connectivity index (χ4v) is 3.70. The molecule has 2 atom stereocenters. The van der Waals surface area contributed by atoms with E-state index in [2.05, 4.69) is 4.90 Å². The molecule has 1 aliphatic rings. The van der Waals surface area contributed by atoms with Gasteiger partial charge in [0, 0.05) is 37.8 Å². The minimum atomic E-state index is -0.516. The molecule has 0 aromatic heterocycles. The molecule has 0 saturated carbocycles. The Labute approximate surface area is 175 Å². The van der Waals surface area contributed by atoms with Gasteiger partial charge in [0.2, 0.25) is 0 Å². The van der Waals surface area contributed by atoms with Crippen molar-refractivity contribution in [2.45, 2.75) is 39.4 Å². The lowest BCUT2D eigenvalue weighted by Crippen LogP contribution is -2.58. The van der Waals surface area contributed by atoms with Gasteiger partial charge < -0.3 is 9.64 Å². The van der Waals surface area contributed by atoms with Gasteiger partial charge in [0.1, 0.15) is 5.82 Å². The second-order valence-electron chi connectivity index (χ2n) is 7.82. The second-order valence-corrected chi connectivity index (χ2v) is 7.82. The summed E-state index contributed by atoms with van der Waals surface area (Å²) in [5.74, 6) is -0.361. The Balaban J connectivity index is 1.61. The molecule has 0 spiro atoms. The first-order valence-electron chi connectivity index (χ1n) is 9.90. The molecule has 0 N–H and O–H groups in total. The molecule has 0 bridgehead atoms. The van der Waals surface area contributed by atoms with Gasteiger partial charge in [0.15, 0.2) is 12.4 Å². The van der Waals surface area contributed by atoms with Crippen molar-refractivity contribution in [2.24, 2.45) is 0 Å². The number of halogens is 1. The zero-order valence-electron chi connectivity index (χ0n) is 17.4. The number of nitro groups is 1. The number of amides is 1. The van der Waals surface area contributed by atoms with Crippen molar-refractivity contribution in [3.63, 3.8) is 0 Å². The van der Waals surface area contributed by atoms with E-state index >= 15 is 0 Å². The highest BCUT2D eigenvalue weighted by Gasteiger charge is 2.32. The lowest BCUT2D eigenvalue weighted by atomic mass is 10.1. The van der Waals surface area contributed by atoms with Crippen LogP contribution in [-0.4, -0.2) is 52.4 Å². The average Bonchev–Trinajstić information content (AvgIpc) is 2.70. The van der Waals surface area contributed by atoms with E-state index in [4.69, 9.17) is 4.74 Å². The normalized spacial score (nSPS) is 19.5. The van der Waals surface area contributed by atoms with Crippen molar-refractivity contribution < 1.29 is 18.8 Å². The van der Waals surface area contributed by atoms with Crippen molar-refractivity contribution in [1.29, 1.82) is 0 Å². The number of rotatable bonds is 6. The first-order chi connectivity index (χ1) is 14.2. The SMILES string of the molecule is Cc1ccc([N+](=O)[O-])c(OCC(=O)N2C[C@@H](C)N(Cc3ccc(F)cc3)C[C@@H]2C)c1. The number of carbonyl (C=O) groups excluding carboxylic acids is 1. The van der Waals surface area contributed by atoms with Gasteiger partial charge in [-0.15, -0.1) is 0 Å². The van der Waals surface area contributed by atoms with Gasteiger partial charge in [0.25, 0.3) is 5.91 Å².